The zero-order valence-corrected chi connectivity index (χ0v) is 24.6. The van der Waals surface area contributed by atoms with Gasteiger partial charge in [0, 0.05) is 43.9 Å². The van der Waals surface area contributed by atoms with Crippen LogP contribution in [0, 0.1) is 5.82 Å². The van der Waals surface area contributed by atoms with Gasteiger partial charge in [-0.2, -0.15) is 13.2 Å². The molecule has 232 valence electrons. The number of piperidine rings is 1. The molecule has 0 saturated carbocycles. The molecule has 13 heteroatoms. The molecular formula is C31H33F4N7O2. The molecular weight excluding hydrogens is 578 g/mol. The second-order valence-corrected chi connectivity index (χ2v) is 11.0. The van der Waals surface area contributed by atoms with Crippen molar-refractivity contribution in [1.29, 1.82) is 0 Å². The van der Waals surface area contributed by atoms with Gasteiger partial charge < -0.3 is 24.8 Å². The molecule has 1 saturated heterocycles. The Kier molecular flexibility index (Phi) is 8.86. The normalized spacial score (nSPS) is 14.3. The van der Waals surface area contributed by atoms with Crippen molar-refractivity contribution in [2.45, 2.75) is 31.5 Å². The number of carbonyl (C=O) groups is 1. The largest absolute Gasteiger partial charge is 0.465 e. The molecule has 2 aromatic carbocycles. The van der Waals surface area contributed by atoms with Gasteiger partial charge in [-0.3, -0.25) is 0 Å². The molecule has 3 heterocycles. The quantitative estimate of drug-likeness (QED) is 0.207. The smallest absolute Gasteiger partial charge is 0.419 e. The molecule has 1 aliphatic heterocycles. The highest BCUT2D eigenvalue weighted by molar-refractivity contribution is 5.91. The van der Waals surface area contributed by atoms with Crippen LogP contribution < -0.4 is 10.6 Å². The van der Waals surface area contributed by atoms with Crippen molar-refractivity contribution in [3.05, 3.63) is 77.8 Å². The first kappa shape index (κ1) is 30.9. The second-order valence-electron chi connectivity index (χ2n) is 11.0. The van der Waals surface area contributed by atoms with E-state index in [4.69, 9.17) is 15.5 Å². The molecule has 44 heavy (non-hydrogen) atoms. The van der Waals surface area contributed by atoms with E-state index in [-0.39, 0.29) is 11.5 Å². The van der Waals surface area contributed by atoms with Crippen LogP contribution in [0.25, 0.3) is 22.4 Å². The van der Waals surface area contributed by atoms with Crippen LogP contribution in [0.5, 0.6) is 0 Å². The second kappa shape index (κ2) is 12.6. The minimum Gasteiger partial charge on any atom is -0.465 e. The number of benzene rings is 2. The van der Waals surface area contributed by atoms with Crippen molar-refractivity contribution in [1.82, 2.24) is 24.4 Å². The Morgan fingerprint density at radius 1 is 1.07 bits per heavy atom. The fourth-order valence-corrected chi connectivity index (χ4v) is 5.43. The van der Waals surface area contributed by atoms with Crippen LogP contribution >= 0.6 is 0 Å². The summed E-state index contributed by atoms with van der Waals surface area (Å²) in [5, 5.41) is 0. The van der Waals surface area contributed by atoms with Crippen molar-refractivity contribution in [2.75, 3.05) is 51.5 Å². The lowest BCUT2D eigenvalue weighted by Crippen LogP contribution is -2.35. The molecule has 2 aromatic heterocycles. The monoisotopic (exact) mass is 611 g/mol. The maximum Gasteiger partial charge on any atom is 0.419 e. The third-order valence-corrected chi connectivity index (χ3v) is 7.77. The molecule has 0 spiro atoms. The zero-order chi connectivity index (χ0) is 31.6. The Morgan fingerprint density at radius 2 is 1.75 bits per heavy atom. The van der Waals surface area contributed by atoms with Gasteiger partial charge in [0.2, 0.25) is 0 Å². The van der Waals surface area contributed by atoms with E-state index in [2.05, 4.69) is 14.9 Å². The van der Waals surface area contributed by atoms with Gasteiger partial charge >= 0.3 is 12.1 Å². The average molecular weight is 612 g/mol. The van der Waals surface area contributed by atoms with Gasteiger partial charge in [-0.15, -0.1) is 0 Å². The standard InChI is InChI=1S/C31H33F4N7O2/c1-40(2)14-15-42-17-25(22-8-9-24(32)23(16-22)31(33,34)35)39-28(42)20-10-12-41(13-11-20)29-26(27(36)37-18-38-29)19-4-6-21(7-5-19)30(43)44-3/h4-9,16-18,20H,10-15H2,1-3H3,(H2,36,37,38). The molecule has 5 rings (SSSR count). The minimum atomic E-state index is -4.81. The Bertz CT molecular complexity index is 1630. The number of ether oxygens (including phenoxy) is 1. The highest BCUT2D eigenvalue weighted by Gasteiger charge is 2.35. The number of nitrogens with two attached hydrogens (primary N) is 1. The van der Waals surface area contributed by atoms with E-state index in [1.807, 2.05) is 23.6 Å². The predicted molar refractivity (Wildman–Crippen MR) is 159 cm³/mol. The van der Waals surface area contributed by atoms with E-state index in [1.54, 1.807) is 30.5 Å². The predicted octanol–water partition coefficient (Wildman–Crippen LogP) is 5.48. The third kappa shape index (κ3) is 6.52. The number of methoxy groups -OCH3 is 1. The molecule has 0 amide bonds. The van der Waals surface area contributed by atoms with Crippen molar-refractivity contribution in [3.8, 4) is 22.4 Å². The lowest BCUT2D eigenvalue weighted by atomic mass is 9.95. The van der Waals surface area contributed by atoms with E-state index in [9.17, 15) is 22.4 Å². The summed E-state index contributed by atoms with van der Waals surface area (Å²) in [6.45, 7) is 2.55. The van der Waals surface area contributed by atoms with Crippen LogP contribution in [0.2, 0.25) is 0 Å². The van der Waals surface area contributed by atoms with Gasteiger partial charge in [0.05, 0.1) is 29.5 Å². The average Bonchev–Trinajstić information content (AvgIpc) is 3.43. The molecule has 0 unspecified atom stereocenters. The van der Waals surface area contributed by atoms with E-state index >= 15 is 0 Å². The number of nitrogens with zero attached hydrogens (tertiary/aromatic N) is 6. The van der Waals surface area contributed by atoms with Crippen molar-refractivity contribution in [3.63, 3.8) is 0 Å². The summed E-state index contributed by atoms with van der Waals surface area (Å²) in [6, 6.07) is 9.86. The van der Waals surface area contributed by atoms with Crippen molar-refractivity contribution in [2.24, 2.45) is 0 Å². The van der Waals surface area contributed by atoms with Gasteiger partial charge in [0.1, 0.15) is 29.6 Å². The van der Waals surface area contributed by atoms with Crippen LogP contribution in [-0.2, 0) is 17.5 Å². The van der Waals surface area contributed by atoms with Gasteiger partial charge in [0.25, 0.3) is 0 Å². The van der Waals surface area contributed by atoms with E-state index < -0.39 is 23.5 Å². The van der Waals surface area contributed by atoms with E-state index in [1.165, 1.54) is 19.5 Å². The topological polar surface area (TPSA) is 102 Å². The number of esters is 1. The number of anilines is 2. The van der Waals surface area contributed by atoms with Gasteiger partial charge in [-0.1, -0.05) is 12.1 Å². The zero-order valence-electron chi connectivity index (χ0n) is 24.6. The van der Waals surface area contributed by atoms with Crippen molar-refractivity contribution < 1.29 is 27.1 Å². The Labute approximate surface area is 252 Å². The first-order chi connectivity index (χ1) is 21.0. The van der Waals surface area contributed by atoms with Crippen LogP contribution in [0.4, 0.5) is 29.2 Å². The first-order valence-corrected chi connectivity index (χ1v) is 14.1. The third-order valence-electron chi connectivity index (χ3n) is 7.77. The number of hydrogen-bond acceptors (Lipinski definition) is 8. The maximum absolute atomic E-state index is 14.0. The first-order valence-electron chi connectivity index (χ1n) is 14.1. The van der Waals surface area contributed by atoms with Crippen molar-refractivity contribution >= 4 is 17.6 Å². The number of nitrogen functional groups attached to an aromatic ring is 1. The van der Waals surface area contributed by atoms with E-state index in [0.29, 0.717) is 67.5 Å². The maximum atomic E-state index is 14.0. The fraction of sp³-hybridized carbons (Fsp3) is 0.355. The molecule has 9 nitrogen and oxygen atoms in total. The Balaban J connectivity index is 1.40. The number of alkyl halides is 3. The Hall–Kier alpha value is -4.52. The highest BCUT2D eigenvalue weighted by atomic mass is 19.4. The number of hydrogen-bond donors (Lipinski definition) is 1. The molecule has 1 aliphatic rings. The van der Waals surface area contributed by atoms with Crippen LogP contribution in [0.1, 0.15) is 40.5 Å². The number of rotatable bonds is 8. The molecule has 2 N–H and O–H groups in total. The molecule has 0 bridgehead atoms. The number of halogens is 4. The van der Waals surface area contributed by atoms with E-state index in [0.717, 1.165) is 23.5 Å². The molecule has 0 aliphatic carbocycles. The molecule has 0 atom stereocenters. The minimum absolute atomic E-state index is 0.0340. The Morgan fingerprint density at radius 3 is 2.39 bits per heavy atom. The lowest BCUT2D eigenvalue weighted by molar-refractivity contribution is -0.139. The molecule has 4 aromatic rings. The van der Waals surface area contributed by atoms with Gasteiger partial charge in [0.15, 0.2) is 0 Å². The summed E-state index contributed by atoms with van der Waals surface area (Å²) in [5.74, 6) is 0.0362. The highest BCUT2D eigenvalue weighted by Crippen LogP contribution is 2.38. The number of carbonyl (C=O) groups excluding carboxylic acids is 1. The summed E-state index contributed by atoms with van der Waals surface area (Å²) in [4.78, 5) is 29.6. The molecule has 0 radical (unpaired) electrons. The lowest BCUT2D eigenvalue weighted by Gasteiger charge is -2.34. The molecule has 1 fully saturated rings. The number of aromatic nitrogens is 4. The van der Waals surface area contributed by atoms with Crippen LogP contribution in [0.3, 0.4) is 0 Å². The van der Waals surface area contributed by atoms with Crippen LogP contribution in [-0.4, -0.2) is 71.2 Å². The SMILES string of the molecule is COC(=O)c1ccc(-c2c(N)ncnc2N2CCC(c3nc(-c4ccc(F)c(C(F)(F)F)c4)cn3CCN(C)C)CC2)cc1. The number of imidazole rings is 1. The summed E-state index contributed by atoms with van der Waals surface area (Å²) in [6.07, 6.45) is -0.225. The summed E-state index contributed by atoms with van der Waals surface area (Å²) in [7, 11) is 5.21. The van der Waals surface area contributed by atoms with Gasteiger partial charge in [-0.05, 0) is 62.8 Å². The fourth-order valence-electron chi connectivity index (χ4n) is 5.43. The number of likely N-dealkylation sites (N-methyl/N-ethyl adjacent to an activating group) is 1. The summed E-state index contributed by atoms with van der Waals surface area (Å²) in [5.41, 5.74) is 7.40. The summed E-state index contributed by atoms with van der Waals surface area (Å²) < 4.78 is 61.0. The summed E-state index contributed by atoms with van der Waals surface area (Å²) >= 11 is 0. The van der Waals surface area contributed by atoms with Gasteiger partial charge in [-0.25, -0.2) is 24.1 Å². The van der Waals surface area contributed by atoms with Crippen LogP contribution in [0.15, 0.2) is 55.0 Å².